The maximum Gasteiger partial charge on any atom is 0.254 e. The summed E-state index contributed by atoms with van der Waals surface area (Å²) in [5.74, 6) is 0.177. The number of hydrogen-bond acceptors (Lipinski definition) is 1. The van der Waals surface area contributed by atoms with Gasteiger partial charge in [0.25, 0.3) is 5.91 Å². The average molecular weight is 279 g/mol. The Morgan fingerprint density at radius 2 is 1.62 bits per heavy atom. The molecular weight excluding hydrogens is 258 g/mol. The van der Waals surface area contributed by atoms with Gasteiger partial charge in [-0.1, -0.05) is 48.5 Å². The van der Waals surface area contributed by atoms with Crippen molar-refractivity contribution in [2.75, 3.05) is 6.54 Å². The Morgan fingerprint density at radius 3 is 2.33 bits per heavy atom. The number of benzene rings is 2. The van der Waals surface area contributed by atoms with Crippen LogP contribution >= 0.6 is 0 Å². The molecule has 108 valence electrons. The van der Waals surface area contributed by atoms with Crippen LogP contribution in [0.1, 0.15) is 35.2 Å². The largest absolute Gasteiger partial charge is 0.335 e. The molecule has 0 aromatic heterocycles. The van der Waals surface area contributed by atoms with Crippen LogP contribution in [0, 0.1) is 0 Å². The Hall–Kier alpha value is -2.09. The molecule has 0 saturated carbocycles. The minimum atomic E-state index is 0.177. The van der Waals surface area contributed by atoms with Gasteiger partial charge >= 0.3 is 0 Å². The number of carbonyl (C=O) groups excluding carboxylic acids is 1. The second-order valence-corrected chi connectivity index (χ2v) is 5.70. The highest BCUT2D eigenvalue weighted by atomic mass is 16.2. The predicted molar refractivity (Wildman–Crippen MR) is 85.3 cm³/mol. The first kappa shape index (κ1) is 13.9. The van der Waals surface area contributed by atoms with Crippen LogP contribution in [0.2, 0.25) is 0 Å². The molecule has 2 nitrogen and oxygen atoms in total. The van der Waals surface area contributed by atoms with Crippen LogP contribution in [0.5, 0.6) is 0 Å². The van der Waals surface area contributed by atoms with Gasteiger partial charge in [-0.15, -0.1) is 0 Å². The summed E-state index contributed by atoms with van der Waals surface area (Å²) in [7, 11) is 0. The smallest absolute Gasteiger partial charge is 0.254 e. The molecular formula is C19H21NO. The molecule has 1 heterocycles. The third-order valence-corrected chi connectivity index (χ3v) is 4.22. The molecule has 2 heteroatoms. The highest BCUT2D eigenvalue weighted by Gasteiger charge is 2.27. The van der Waals surface area contributed by atoms with E-state index in [9.17, 15) is 4.79 Å². The van der Waals surface area contributed by atoms with E-state index in [0.29, 0.717) is 6.04 Å². The zero-order chi connectivity index (χ0) is 14.5. The Labute approximate surface area is 126 Å². The van der Waals surface area contributed by atoms with E-state index in [0.717, 1.165) is 31.4 Å². The first-order valence-electron chi connectivity index (χ1n) is 7.74. The van der Waals surface area contributed by atoms with Gasteiger partial charge in [0, 0.05) is 18.2 Å². The van der Waals surface area contributed by atoms with Crippen molar-refractivity contribution in [3.63, 3.8) is 0 Å². The van der Waals surface area contributed by atoms with Crippen molar-refractivity contribution in [2.45, 2.75) is 31.7 Å². The third-order valence-electron chi connectivity index (χ3n) is 4.22. The number of rotatable bonds is 3. The van der Waals surface area contributed by atoms with Crippen LogP contribution in [-0.2, 0) is 6.42 Å². The summed E-state index contributed by atoms with van der Waals surface area (Å²) in [6.45, 7) is 0.880. The van der Waals surface area contributed by atoms with Crippen molar-refractivity contribution in [3.05, 3.63) is 71.8 Å². The topological polar surface area (TPSA) is 20.3 Å². The normalized spacial score (nSPS) is 18.5. The lowest BCUT2D eigenvalue weighted by Gasteiger charge is -2.36. The standard InChI is InChI=1S/C19H21NO/c21-19(17-11-5-2-6-12-17)20-14-8-7-13-18(20)15-16-9-3-1-4-10-16/h1-6,9-12,18H,7-8,13-15H2/t18-/m0/s1. The molecule has 1 fully saturated rings. The first-order chi connectivity index (χ1) is 10.3. The molecule has 1 aliphatic rings. The minimum Gasteiger partial charge on any atom is -0.335 e. The van der Waals surface area contributed by atoms with E-state index in [1.54, 1.807) is 0 Å². The molecule has 1 aliphatic heterocycles. The number of hydrogen-bond donors (Lipinski definition) is 0. The van der Waals surface area contributed by atoms with E-state index in [4.69, 9.17) is 0 Å². The number of carbonyl (C=O) groups is 1. The van der Waals surface area contributed by atoms with E-state index in [1.807, 2.05) is 36.4 Å². The third kappa shape index (κ3) is 3.33. The van der Waals surface area contributed by atoms with Crippen LogP contribution in [0.4, 0.5) is 0 Å². The highest BCUT2D eigenvalue weighted by molar-refractivity contribution is 5.94. The predicted octanol–water partition coefficient (Wildman–Crippen LogP) is 3.92. The minimum absolute atomic E-state index is 0.177. The molecule has 2 aromatic rings. The Morgan fingerprint density at radius 1 is 0.952 bits per heavy atom. The quantitative estimate of drug-likeness (QED) is 0.833. The molecule has 0 N–H and O–H groups in total. The van der Waals surface area contributed by atoms with Crippen molar-refractivity contribution in [3.8, 4) is 0 Å². The van der Waals surface area contributed by atoms with Gasteiger partial charge in [-0.05, 0) is 43.4 Å². The van der Waals surface area contributed by atoms with E-state index in [2.05, 4.69) is 29.2 Å². The Bertz CT molecular complexity index is 579. The van der Waals surface area contributed by atoms with E-state index < -0.39 is 0 Å². The van der Waals surface area contributed by atoms with Gasteiger partial charge in [-0.3, -0.25) is 4.79 Å². The maximum absolute atomic E-state index is 12.7. The monoisotopic (exact) mass is 279 g/mol. The van der Waals surface area contributed by atoms with Crippen molar-refractivity contribution >= 4 is 5.91 Å². The molecule has 2 aromatic carbocycles. The van der Waals surface area contributed by atoms with Crippen LogP contribution < -0.4 is 0 Å². The van der Waals surface area contributed by atoms with Gasteiger partial charge in [-0.25, -0.2) is 0 Å². The number of piperidine rings is 1. The molecule has 1 amide bonds. The summed E-state index contributed by atoms with van der Waals surface area (Å²) in [6, 6.07) is 20.5. The second kappa shape index (κ2) is 6.57. The average Bonchev–Trinajstić information content (AvgIpc) is 2.56. The molecule has 1 saturated heterocycles. The lowest BCUT2D eigenvalue weighted by Crippen LogP contribution is -2.44. The van der Waals surface area contributed by atoms with E-state index in [-0.39, 0.29) is 5.91 Å². The Kier molecular flexibility index (Phi) is 4.34. The van der Waals surface area contributed by atoms with E-state index >= 15 is 0 Å². The van der Waals surface area contributed by atoms with Crippen molar-refractivity contribution in [1.29, 1.82) is 0 Å². The van der Waals surface area contributed by atoms with Crippen LogP contribution in [0.25, 0.3) is 0 Å². The van der Waals surface area contributed by atoms with Gasteiger partial charge in [0.15, 0.2) is 0 Å². The SMILES string of the molecule is O=C(c1ccccc1)N1CCCC[C@H]1Cc1ccccc1. The zero-order valence-corrected chi connectivity index (χ0v) is 12.2. The number of nitrogens with zero attached hydrogens (tertiary/aromatic N) is 1. The van der Waals surface area contributed by atoms with Crippen molar-refractivity contribution < 1.29 is 4.79 Å². The second-order valence-electron chi connectivity index (χ2n) is 5.70. The number of amides is 1. The molecule has 3 rings (SSSR count). The summed E-state index contributed by atoms with van der Waals surface area (Å²) >= 11 is 0. The Balaban J connectivity index is 1.77. The van der Waals surface area contributed by atoms with E-state index in [1.165, 1.54) is 12.0 Å². The molecule has 0 unspecified atom stereocenters. The number of likely N-dealkylation sites (tertiary alicyclic amines) is 1. The summed E-state index contributed by atoms with van der Waals surface area (Å²) in [4.78, 5) is 14.8. The highest BCUT2D eigenvalue weighted by Crippen LogP contribution is 2.22. The fourth-order valence-corrected chi connectivity index (χ4v) is 3.11. The van der Waals surface area contributed by atoms with Crippen LogP contribution in [0.15, 0.2) is 60.7 Å². The summed E-state index contributed by atoms with van der Waals surface area (Å²) in [6.07, 6.45) is 4.40. The van der Waals surface area contributed by atoms with Gasteiger partial charge < -0.3 is 4.90 Å². The molecule has 21 heavy (non-hydrogen) atoms. The summed E-state index contributed by atoms with van der Waals surface area (Å²) in [5, 5.41) is 0. The molecule has 1 atom stereocenters. The summed E-state index contributed by atoms with van der Waals surface area (Å²) in [5.41, 5.74) is 2.12. The zero-order valence-electron chi connectivity index (χ0n) is 12.2. The molecule has 0 aliphatic carbocycles. The first-order valence-corrected chi connectivity index (χ1v) is 7.74. The maximum atomic E-state index is 12.7. The van der Waals surface area contributed by atoms with Crippen molar-refractivity contribution in [2.24, 2.45) is 0 Å². The van der Waals surface area contributed by atoms with Gasteiger partial charge in [0.05, 0.1) is 0 Å². The lowest BCUT2D eigenvalue weighted by atomic mass is 9.95. The van der Waals surface area contributed by atoms with Gasteiger partial charge in [0.1, 0.15) is 0 Å². The molecule has 0 radical (unpaired) electrons. The molecule has 0 spiro atoms. The van der Waals surface area contributed by atoms with Crippen molar-refractivity contribution in [1.82, 2.24) is 4.90 Å². The summed E-state index contributed by atoms with van der Waals surface area (Å²) < 4.78 is 0. The molecule has 0 bridgehead atoms. The lowest BCUT2D eigenvalue weighted by molar-refractivity contribution is 0.0613. The van der Waals surface area contributed by atoms with Gasteiger partial charge in [-0.2, -0.15) is 0 Å². The van der Waals surface area contributed by atoms with Crippen LogP contribution in [0.3, 0.4) is 0 Å². The fraction of sp³-hybridized carbons (Fsp3) is 0.316. The fourth-order valence-electron chi connectivity index (χ4n) is 3.11. The van der Waals surface area contributed by atoms with Gasteiger partial charge in [0.2, 0.25) is 0 Å². The van der Waals surface area contributed by atoms with Crippen LogP contribution in [-0.4, -0.2) is 23.4 Å².